The van der Waals surface area contributed by atoms with E-state index in [1.54, 1.807) is 12.1 Å². The molecule has 2 aromatic rings. The Hall–Kier alpha value is -1.46. The van der Waals surface area contributed by atoms with Crippen molar-refractivity contribution in [2.24, 2.45) is 5.92 Å². The van der Waals surface area contributed by atoms with Gasteiger partial charge in [0.15, 0.2) is 0 Å². The van der Waals surface area contributed by atoms with Crippen LogP contribution in [-0.2, 0) is 0 Å². The quantitative estimate of drug-likeness (QED) is 0.914. The Balaban J connectivity index is 1.66. The number of amides is 1. The number of hydrogen-bond donors (Lipinski definition) is 2. The van der Waals surface area contributed by atoms with Crippen LogP contribution in [0.1, 0.15) is 28.9 Å². The number of nitrogens with one attached hydrogen (secondary N) is 1. The Morgan fingerprint density at radius 1 is 1.40 bits per heavy atom. The van der Waals surface area contributed by atoms with Crippen molar-refractivity contribution in [1.82, 2.24) is 5.32 Å². The molecule has 0 bridgehead atoms. The summed E-state index contributed by atoms with van der Waals surface area (Å²) in [5, 5.41) is 13.2. The number of carbonyl (C=O) groups excluding carboxylic acids is 1. The lowest BCUT2D eigenvalue weighted by atomic mass is 10.1. The number of halogens is 1. The first kappa shape index (κ1) is 13.5. The van der Waals surface area contributed by atoms with Gasteiger partial charge in [-0.2, -0.15) is 0 Å². The first-order valence-electron chi connectivity index (χ1n) is 6.77. The Bertz CT molecular complexity index is 640. The maximum Gasteiger partial charge on any atom is 0.261 e. The van der Waals surface area contributed by atoms with E-state index in [4.69, 9.17) is 0 Å². The molecule has 3 rings (SSSR count). The van der Waals surface area contributed by atoms with Crippen molar-refractivity contribution in [3.05, 3.63) is 35.0 Å². The van der Waals surface area contributed by atoms with E-state index >= 15 is 0 Å². The van der Waals surface area contributed by atoms with Crippen LogP contribution >= 0.6 is 11.3 Å². The van der Waals surface area contributed by atoms with Gasteiger partial charge in [-0.1, -0.05) is 6.07 Å². The van der Waals surface area contributed by atoms with E-state index in [9.17, 15) is 14.3 Å². The molecule has 0 spiro atoms. The highest BCUT2D eigenvalue weighted by Gasteiger charge is 2.23. The van der Waals surface area contributed by atoms with E-state index in [0.29, 0.717) is 17.3 Å². The lowest BCUT2D eigenvalue weighted by molar-refractivity contribution is 0.0949. The van der Waals surface area contributed by atoms with E-state index in [2.05, 4.69) is 5.32 Å². The molecule has 1 aromatic heterocycles. The van der Waals surface area contributed by atoms with Gasteiger partial charge in [0.05, 0.1) is 11.0 Å². The maximum absolute atomic E-state index is 13.1. The number of thiophene rings is 1. The summed E-state index contributed by atoms with van der Waals surface area (Å²) >= 11 is 1.30. The molecular formula is C15H16FNO2S. The highest BCUT2D eigenvalue weighted by Crippen LogP contribution is 2.27. The molecule has 1 saturated carbocycles. The molecule has 1 aromatic carbocycles. The van der Waals surface area contributed by atoms with Crippen LogP contribution in [-0.4, -0.2) is 23.7 Å². The lowest BCUT2D eigenvalue weighted by Crippen LogP contribution is -2.28. The molecule has 1 amide bonds. The Morgan fingerprint density at radius 2 is 2.25 bits per heavy atom. The number of aliphatic hydroxyl groups excluding tert-OH is 1. The van der Waals surface area contributed by atoms with Gasteiger partial charge >= 0.3 is 0 Å². The van der Waals surface area contributed by atoms with E-state index in [1.807, 2.05) is 0 Å². The zero-order valence-corrected chi connectivity index (χ0v) is 11.8. The first-order chi connectivity index (χ1) is 9.61. The number of benzene rings is 1. The molecule has 1 fully saturated rings. The summed E-state index contributed by atoms with van der Waals surface area (Å²) in [5.74, 6) is -0.0416. The van der Waals surface area contributed by atoms with Gasteiger partial charge in [0.1, 0.15) is 5.82 Å². The normalized spacial score (nSPS) is 22.3. The van der Waals surface area contributed by atoms with E-state index in [-0.39, 0.29) is 17.8 Å². The average Bonchev–Trinajstić information content (AvgIpc) is 3.01. The van der Waals surface area contributed by atoms with E-state index in [0.717, 1.165) is 29.3 Å². The molecule has 20 heavy (non-hydrogen) atoms. The smallest absolute Gasteiger partial charge is 0.261 e. The van der Waals surface area contributed by atoms with Crippen molar-refractivity contribution in [3.8, 4) is 0 Å². The molecule has 2 unspecified atom stereocenters. The average molecular weight is 293 g/mol. The summed E-state index contributed by atoms with van der Waals surface area (Å²) in [6.45, 7) is 0.596. The van der Waals surface area contributed by atoms with Crippen molar-refractivity contribution in [1.29, 1.82) is 0 Å². The number of rotatable bonds is 3. The van der Waals surface area contributed by atoms with Gasteiger partial charge in [0, 0.05) is 11.2 Å². The molecule has 0 radical (unpaired) electrons. The molecule has 2 atom stereocenters. The molecule has 106 valence electrons. The summed E-state index contributed by atoms with van der Waals surface area (Å²) in [5.41, 5.74) is 0. The standard InChI is InChI=1S/C15H16FNO2S/c16-11-3-2-10-6-14(20-13(10)7-11)15(19)17-8-9-1-4-12(18)5-9/h2-3,6-7,9,12,18H,1,4-5,8H2,(H,17,19). The summed E-state index contributed by atoms with van der Waals surface area (Å²) in [6, 6.07) is 6.32. The largest absolute Gasteiger partial charge is 0.393 e. The second-order valence-corrected chi connectivity index (χ2v) is 6.42. The Kier molecular flexibility index (Phi) is 3.72. The first-order valence-corrected chi connectivity index (χ1v) is 7.59. The topological polar surface area (TPSA) is 49.3 Å². The number of hydrogen-bond acceptors (Lipinski definition) is 3. The minimum absolute atomic E-state index is 0.118. The predicted molar refractivity (Wildman–Crippen MR) is 77.5 cm³/mol. The van der Waals surface area contributed by atoms with Gasteiger partial charge in [0.25, 0.3) is 5.91 Å². The summed E-state index contributed by atoms with van der Waals surface area (Å²) in [6.07, 6.45) is 2.32. The minimum Gasteiger partial charge on any atom is -0.393 e. The van der Waals surface area contributed by atoms with Crippen LogP contribution in [0, 0.1) is 11.7 Å². The van der Waals surface area contributed by atoms with Gasteiger partial charge < -0.3 is 10.4 Å². The molecule has 0 aliphatic heterocycles. The van der Waals surface area contributed by atoms with Crippen LogP contribution in [0.25, 0.3) is 10.1 Å². The molecule has 3 nitrogen and oxygen atoms in total. The maximum atomic E-state index is 13.1. The van der Waals surface area contributed by atoms with Crippen molar-refractivity contribution < 1.29 is 14.3 Å². The molecule has 0 saturated heterocycles. The molecule has 1 aliphatic carbocycles. The molecule has 2 N–H and O–H groups in total. The third kappa shape index (κ3) is 2.83. The molecule has 1 aliphatic rings. The highest BCUT2D eigenvalue weighted by atomic mass is 32.1. The van der Waals surface area contributed by atoms with Crippen molar-refractivity contribution in [2.75, 3.05) is 6.54 Å². The fraction of sp³-hybridized carbons (Fsp3) is 0.400. The number of carbonyl (C=O) groups is 1. The second-order valence-electron chi connectivity index (χ2n) is 5.34. The second kappa shape index (κ2) is 5.50. The monoisotopic (exact) mass is 293 g/mol. The summed E-state index contributed by atoms with van der Waals surface area (Å²) in [7, 11) is 0. The fourth-order valence-electron chi connectivity index (χ4n) is 2.68. The summed E-state index contributed by atoms with van der Waals surface area (Å²) < 4.78 is 13.9. The zero-order chi connectivity index (χ0) is 14.1. The van der Waals surface area contributed by atoms with Crippen molar-refractivity contribution in [2.45, 2.75) is 25.4 Å². The Morgan fingerprint density at radius 3 is 3.00 bits per heavy atom. The van der Waals surface area contributed by atoms with Crippen LogP contribution in [0.4, 0.5) is 4.39 Å². The van der Waals surface area contributed by atoms with Gasteiger partial charge in [-0.25, -0.2) is 4.39 Å². The minimum atomic E-state index is -0.286. The SMILES string of the molecule is O=C(NCC1CCC(O)C1)c1cc2ccc(F)cc2s1. The fourth-order valence-corrected chi connectivity index (χ4v) is 3.68. The molecule has 5 heteroatoms. The van der Waals surface area contributed by atoms with Crippen LogP contribution in [0.3, 0.4) is 0 Å². The third-order valence-corrected chi connectivity index (χ3v) is 4.87. The van der Waals surface area contributed by atoms with Crippen molar-refractivity contribution in [3.63, 3.8) is 0 Å². The Labute approximate surface area is 120 Å². The lowest BCUT2D eigenvalue weighted by Gasteiger charge is -2.09. The predicted octanol–water partition coefficient (Wildman–Crippen LogP) is 2.93. The molecular weight excluding hydrogens is 277 g/mol. The van der Waals surface area contributed by atoms with Gasteiger partial charge in [-0.15, -0.1) is 11.3 Å². The van der Waals surface area contributed by atoms with Crippen LogP contribution in [0.5, 0.6) is 0 Å². The van der Waals surface area contributed by atoms with Gasteiger partial charge in [-0.3, -0.25) is 4.79 Å². The van der Waals surface area contributed by atoms with Gasteiger partial charge in [-0.05, 0) is 48.8 Å². The van der Waals surface area contributed by atoms with Crippen LogP contribution in [0.2, 0.25) is 0 Å². The molecule has 1 heterocycles. The highest BCUT2D eigenvalue weighted by molar-refractivity contribution is 7.20. The van der Waals surface area contributed by atoms with Crippen LogP contribution in [0.15, 0.2) is 24.3 Å². The van der Waals surface area contributed by atoms with Crippen LogP contribution < -0.4 is 5.32 Å². The zero-order valence-electron chi connectivity index (χ0n) is 10.9. The van der Waals surface area contributed by atoms with Gasteiger partial charge in [0.2, 0.25) is 0 Å². The third-order valence-electron chi connectivity index (χ3n) is 3.77. The van der Waals surface area contributed by atoms with E-state index in [1.165, 1.54) is 23.5 Å². The van der Waals surface area contributed by atoms with Crippen molar-refractivity contribution >= 4 is 27.3 Å². The number of fused-ring (bicyclic) bond motifs is 1. The summed E-state index contributed by atoms with van der Waals surface area (Å²) in [4.78, 5) is 12.7. The van der Waals surface area contributed by atoms with E-state index < -0.39 is 0 Å². The number of aliphatic hydroxyl groups is 1.